The summed E-state index contributed by atoms with van der Waals surface area (Å²) in [4.78, 5) is 2.44. The molecular formula is C15H31NO2. The van der Waals surface area contributed by atoms with Gasteiger partial charge in [0.05, 0.1) is 12.2 Å². The van der Waals surface area contributed by atoms with Crippen LogP contribution >= 0.6 is 0 Å². The van der Waals surface area contributed by atoms with E-state index in [0.29, 0.717) is 6.04 Å². The van der Waals surface area contributed by atoms with Gasteiger partial charge in [-0.15, -0.1) is 0 Å². The Hall–Kier alpha value is -0.120. The number of ether oxygens (including phenoxy) is 1. The van der Waals surface area contributed by atoms with Crippen LogP contribution in [0.2, 0.25) is 0 Å². The van der Waals surface area contributed by atoms with E-state index in [0.717, 1.165) is 45.4 Å². The summed E-state index contributed by atoms with van der Waals surface area (Å²) in [6.45, 7) is 6.98. The van der Waals surface area contributed by atoms with Crippen LogP contribution in [0.5, 0.6) is 0 Å². The predicted molar refractivity (Wildman–Crippen MR) is 75.9 cm³/mol. The lowest BCUT2D eigenvalue weighted by Crippen LogP contribution is -2.49. The summed E-state index contributed by atoms with van der Waals surface area (Å²) in [6, 6.07) is 0.575. The number of methoxy groups -OCH3 is 1. The summed E-state index contributed by atoms with van der Waals surface area (Å²) in [7, 11) is 1.75. The summed E-state index contributed by atoms with van der Waals surface area (Å²) in [5, 5.41) is 10.7. The molecule has 0 heterocycles. The smallest absolute Gasteiger partial charge is 0.0774 e. The fourth-order valence-corrected chi connectivity index (χ4v) is 3.15. The summed E-state index contributed by atoms with van der Waals surface area (Å²) in [5.74, 6) is 0. The van der Waals surface area contributed by atoms with Crippen molar-refractivity contribution in [2.24, 2.45) is 0 Å². The van der Waals surface area contributed by atoms with Gasteiger partial charge in [-0.25, -0.2) is 0 Å². The van der Waals surface area contributed by atoms with Crippen LogP contribution in [0, 0.1) is 0 Å². The Labute approximate surface area is 113 Å². The highest BCUT2D eigenvalue weighted by atomic mass is 16.5. The number of hydrogen-bond donors (Lipinski definition) is 1. The first-order chi connectivity index (χ1) is 8.65. The van der Waals surface area contributed by atoms with E-state index in [2.05, 4.69) is 18.7 Å². The molecule has 3 nitrogen and oxygen atoms in total. The first-order valence-electron chi connectivity index (χ1n) is 7.60. The standard InChI is InChI=1S/C15H31NO2/c1-4-14(5-2)16(11-12-18-3)13-15(17)9-7-6-8-10-15/h14,17H,4-13H2,1-3H3. The van der Waals surface area contributed by atoms with E-state index in [1.165, 1.54) is 19.3 Å². The van der Waals surface area contributed by atoms with Gasteiger partial charge in [0.2, 0.25) is 0 Å². The first kappa shape index (κ1) is 15.9. The van der Waals surface area contributed by atoms with Gasteiger partial charge in [0.25, 0.3) is 0 Å². The quantitative estimate of drug-likeness (QED) is 0.726. The average molecular weight is 257 g/mol. The van der Waals surface area contributed by atoms with Crippen molar-refractivity contribution in [3.05, 3.63) is 0 Å². The molecule has 3 heteroatoms. The van der Waals surface area contributed by atoms with Crippen LogP contribution in [0.4, 0.5) is 0 Å². The minimum atomic E-state index is -0.450. The molecule has 0 aromatic carbocycles. The van der Waals surface area contributed by atoms with Gasteiger partial charge in [0, 0.05) is 26.2 Å². The van der Waals surface area contributed by atoms with E-state index < -0.39 is 5.60 Å². The van der Waals surface area contributed by atoms with Crippen molar-refractivity contribution >= 4 is 0 Å². The van der Waals surface area contributed by atoms with E-state index >= 15 is 0 Å². The molecule has 1 fully saturated rings. The van der Waals surface area contributed by atoms with Gasteiger partial charge in [-0.3, -0.25) is 4.90 Å². The molecule has 0 amide bonds. The SMILES string of the molecule is CCC(CC)N(CCOC)CC1(O)CCCCC1. The predicted octanol–water partition coefficient (Wildman–Crippen LogP) is 2.82. The molecular weight excluding hydrogens is 226 g/mol. The third-order valence-electron chi connectivity index (χ3n) is 4.32. The molecule has 1 aliphatic carbocycles. The molecule has 0 bridgehead atoms. The van der Waals surface area contributed by atoms with Gasteiger partial charge in [-0.1, -0.05) is 33.1 Å². The third-order valence-corrected chi connectivity index (χ3v) is 4.32. The molecule has 0 spiro atoms. The highest BCUT2D eigenvalue weighted by Gasteiger charge is 2.32. The van der Waals surface area contributed by atoms with Gasteiger partial charge < -0.3 is 9.84 Å². The van der Waals surface area contributed by atoms with Crippen LogP contribution in [-0.2, 0) is 4.74 Å². The highest BCUT2D eigenvalue weighted by Crippen LogP contribution is 2.29. The fraction of sp³-hybridized carbons (Fsp3) is 1.00. The molecule has 0 aromatic heterocycles. The van der Waals surface area contributed by atoms with Crippen molar-refractivity contribution in [2.45, 2.75) is 70.4 Å². The summed E-state index contributed by atoms with van der Waals surface area (Å²) in [5.41, 5.74) is -0.450. The van der Waals surface area contributed by atoms with E-state index in [9.17, 15) is 5.11 Å². The van der Waals surface area contributed by atoms with E-state index in [-0.39, 0.29) is 0 Å². The second-order valence-corrected chi connectivity index (χ2v) is 5.72. The Bertz CT molecular complexity index is 211. The number of hydrogen-bond acceptors (Lipinski definition) is 3. The van der Waals surface area contributed by atoms with Crippen molar-refractivity contribution in [1.29, 1.82) is 0 Å². The molecule has 108 valence electrons. The normalized spacial score (nSPS) is 19.7. The molecule has 0 radical (unpaired) electrons. The lowest BCUT2D eigenvalue weighted by Gasteiger charge is -2.40. The van der Waals surface area contributed by atoms with Crippen molar-refractivity contribution in [2.75, 3.05) is 26.8 Å². The van der Waals surface area contributed by atoms with Crippen LogP contribution in [0.1, 0.15) is 58.8 Å². The second kappa shape index (κ2) is 8.13. The number of rotatable bonds is 8. The maximum atomic E-state index is 10.7. The van der Waals surface area contributed by atoms with Crippen molar-refractivity contribution in [1.82, 2.24) is 4.90 Å². The van der Waals surface area contributed by atoms with Crippen LogP contribution in [0.3, 0.4) is 0 Å². The number of nitrogens with zero attached hydrogens (tertiary/aromatic N) is 1. The monoisotopic (exact) mass is 257 g/mol. The maximum Gasteiger partial charge on any atom is 0.0774 e. The Morgan fingerprint density at radius 2 is 1.78 bits per heavy atom. The van der Waals surface area contributed by atoms with E-state index in [4.69, 9.17) is 4.74 Å². The minimum absolute atomic E-state index is 0.450. The Morgan fingerprint density at radius 3 is 2.28 bits per heavy atom. The molecule has 18 heavy (non-hydrogen) atoms. The molecule has 1 rings (SSSR count). The van der Waals surface area contributed by atoms with Gasteiger partial charge >= 0.3 is 0 Å². The van der Waals surface area contributed by atoms with Crippen molar-refractivity contribution < 1.29 is 9.84 Å². The van der Waals surface area contributed by atoms with Gasteiger partial charge in [-0.2, -0.15) is 0 Å². The van der Waals surface area contributed by atoms with Crippen LogP contribution in [0.15, 0.2) is 0 Å². The molecule has 1 N–H and O–H groups in total. The first-order valence-corrected chi connectivity index (χ1v) is 7.60. The lowest BCUT2D eigenvalue weighted by molar-refractivity contribution is -0.0412. The highest BCUT2D eigenvalue weighted by molar-refractivity contribution is 4.87. The molecule has 0 saturated heterocycles. The lowest BCUT2D eigenvalue weighted by atomic mass is 9.84. The van der Waals surface area contributed by atoms with Gasteiger partial charge in [0.1, 0.15) is 0 Å². The molecule has 0 aliphatic heterocycles. The Kier molecular flexibility index (Phi) is 7.20. The summed E-state index contributed by atoms with van der Waals surface area (Å²) >= 11 is 0. The summed E-state index contributed by atoms with van der Waals surface area (Å²) in [6.07, 6.45) is 7.88. The largest absolute Gasteiger partial charge is 0.389 e. The van der Waals surface area contributed by atoms with E-state index in [1.54, 1.807) is 7.11 Å². The van der Waals surface area contributed by atoms with Crippen LogP contribution in [0.25, 0.3) is 0 Å². The molecule has 1 saturated carbocycles. The van der Waals surface area contributed by atoms with Crippen LogP contribution in [-0.4, -0.2) is 48.5 Å². The zero-order chi connectivity index (χ0) is 13.4. The van der Waals surface area contributed by atoms with Crippen LogP contribution < -0.4 is 0 Å². The summed E-state index contributed by atoms with van der Waals surface area (Å²) < 4.78 is 5.21. The number of aliphatic hydroxyl groups is 1. The van der Waals surface area contributed by atoms with Gasteiger partial charge in [0.15, 0.2) is 0 Å². The maximum absolute atomic E-state index is 10.7. The third kappa shape index (κ3) is 4.87. The molecule has 0 atom stereocenters. The second-order valence-electron chi connectivity index (χ2n) is 5.72. The Morgan fingerprint density at radius 1 is 1.17 bits per heavy atom. The zero-order valence-electron chi connectivity index (χ0n) is 12.5. The minimum Gasteiger partial charge on any atom is -0.389 e. The van der Waals surface area contributed by atoms with Gasteiger partial charge in [-0.05, 0) is 25.7 Å². The average Bonchev–Trinajstić information content (AvgIpc) is 2.37. The van der Waals surface area contributed by atoms with Crippen molar-refractivity contribution in [3.8, 4) is 0 Å². The molecule has 1 aliphatic rings. The zero-order valence-corrected chi connectivity index (χ0v) is 12.5. The molecule has 0 unspecified atom stereocenters. The topological polar surface area (TPSA) is 32.7 Å². The van der Waals surface area contributed by atoms with Crippen molar-refractivity contribution in [3.63, 3.8) is 0 Å². The fourth-order valence-electron chi connectivity index (χ4n) is 3.15. The Balaban J connectivity index is 2.57. The molecule has 0 aromatic rings. The van der Waals surface area contributed by atoms with E-state index in [1.807, 2.05) is 0 Å².